The van der Waals surface area contributed by atoms with Crippen molar-refractivity contribution in [2.45, 2.75) is 18.6 Å². The highest BCUT2D eigenvalue weighted by molar-refractivity contribution is 5.95. The molecule has 130 valence electrons. The predicted octanol–water partition coefficient (Wildman–Crippen LogP) is 2.19. The summed E-state index contributed by atoms with van der Waals surface area (Å²) in [6.07, 6.45) is -0.368. The molecule has 0 bridgehead atoms. The van der Waals surface area contributed by atoms with Gasteiger partial charge in [-0.25, -0.2) is 4.79 Å². The zero-order valence-corrected chi connectivity index (χ0v) is 14.4. The molecule has 0 spiro atoms. The first-order valence-corrected chi connectivity index (χ1v) is 8.34. The maximum Gasteiger partial charge on any atom is 0.339 e. The van der Waals surface area contributed by atoms with Crippen LogP contribution in [0, 0.1) is 0 Å². The number of amides is 1. The first-order valence-electron chi connectivity index (χ1n) is 8.34. The second-order valence-corrected chi connectivity index (χ2v) is 6.39. The number of nitrogens with zero attached hydrogens (tertiary/aromatic N) is 1. The van der Waals surface area contributed by atoms with Gasteiger partial charge in [-0.3, -0.25) is 4.79 Å². The lowest BCUT2D eigenvalue weighted by Gasteiger charge is -2.27. The fourth-order valence-corrected chi connectivity index (χ4v) is 3.06. The highest BCUT2D eigenvalue weighted by atomic mass is 16.5. The minimum absolute atomic E-state index is 0.0525. The number of carbonyl (C=O) groups is 2. The average Bonchev–Trinajstić information content (AvgIpc) is 2.62. The van der Waals surface area contributed by atoms with Gasteiger partial charge < -0.3 is 15.0 Å². The first kappa shape index (κ1) is 17.2. The molecule has 0 aliphatic carbocycles. The van der Waals surface area contributed by atoms with E-state index in [-0.39, 0.29) is 11.9 Å². The number of hydrogen-bond donors (Lipinski definition) is 1. The van der Waals surface area contributed by atoms with Gasteiger partial charge in [0.2, 0.25) is 0 Å². The molecule has 3 rings (SSSR count). The van der Waals surface area contributed by atoms with Crippen molar-refractivity contribution in [1.82, 2.24) is 10.2 Å². The first-order chi connectivity index (χ1) is 12.1. The molecule has 1 heterocycles. The molecule has 5 nitrogen and oxygen atoms in total. The molecule has 2 aromatic rings. The minimum Gasteiger partial charge on any atom is -0.448 e. The van der Waals surface area contributed by atoms with Gasteiger partial charge in [-0.1, -0.05) is 48.5 Å². The molecule has 0 saturated carbocycles. The van der Waals surface area contributed by atoms with Crippen LogP contribution in [0.5, 0.6) is 0 Å². The fraction of sp³-hybridized carbons (Fsp3) is 0.300. The standard InChI is InChI=1S/C20H22N2O3/c1-22(2)17(14-8-4-3-5-9-14)13-21-19(23)18-12-15-10-6-7-11-16(15)20(24)25-18/h3-11,17-18H,12-13H2,1-2H3,(H,21,23). The van der Waals surface area contributed by atoms with E-state index in [2.05, 4.69) is 10.2 Å². The van der Waals surface area contributed by atoms with Gasteiger partial charge in [-0.15, -0.1) is 0 Å². The van der Waals surface area contributed by atoms with E-state index >= 15 is 0 Å². The predicted molar refractivity (Wildman–Crippen MR) is 95.2 cm³/mol. The summed E-state index contributed by atoms with van der Waals surface area (Å²) in [6.45, 7) is 0.450. The molecule has 5 heteroatoms. The summed E-state index contributed by atoms with van der Waals surface area (Å²) >= 11 is 0. The smallest absolute Gasteiger partial charge is 0.339 e. The van der Waals surface area contributed by atoms with Crippen molar-refractivity contribution in [3.05, 3.63) is 71.3 Å². The molecule has 2 unspecified atom stereocenters. The van der Waals surface area contributed by atoms with E-state index in [4.69, 9.17) is 4.74 Å². The van der Waals surface area contributed by atoms with E-state index in [9.17, 15) is 9.59 Å². The summed E-state index contributed by atoms with van der Waals surface area (Å²) in [5.74, 6) is -0.695. The van der Waals surface area contributed by atoms with Crippen molar-refractivity contribution in [2.75, 3.05) is 20.6 Å². The Hall–Kier alpha value is -2.66. The Kier molecular flexibility index (Phi) is 5.14. The molecule has 0 aromatic heterocycles. The maximum absolute atomic E-state index is 12.5. The van der Waals surface area contributed by atoms with E-state index < -0.39 is 12.1 Å². The molecule has 0 fully saturated rings. The lowest BCUT2D eigenvalue weighted by atomic mass is 9.98. The number of rotatable bonds is 5. The van der Waals surface area contributed by atoms with Gasteiger partial charge in [0.15, 0.2) is 6.10 Å². The Morgan fingerprint density at radius 3 is 2.56 bits per heavy atom. The monoisotopic (exact) mass is 338 g/mol. The van der Waals surface area contributed by atoms with Crippen molar-refractivity contribution in [1.29, 1.82) is 0 Å². The number of benzene rings is 2. The van der Waals surface area contributed by atoms with Gasteiger partial charge in [0.25, 0.3) is 5.91 Å². The SMILES string of the molecule is CN(C)C(CNC(=O)C1Cc2ccccc2C(=O)O1)c1ccccc1. The van der Waals surface area contributed by atoms with Crippen LogP contribution in [0.2, 0.25) is 0 Å². The normalized spacial score (nSPS) is 17.6. The van der Waals surface area contributed by atoms with Gasteiger partial charge in [-0.05, 0) is 31.3 Å². The summed E-state index contributed by atoms with van der Waals surface area (Å²) in [6, 6.07) is 17.3. The number of ether oxygens (including phenoxy) is 1. The molecule has 2 aromatic carbocycles. The van der Waals surface area contributed by atoms with E-state index in [1.54, 1.807) is 12.1 Å². The molecular formula is C20H22N2O3. The van der Waals surface area contributed by atoms with Gasteiger partial charge in [0, 0.05) is 13.0 Å². The van der Waals surface area contributed by atoms with Crippen LogP contribution in [0.3, 0.4) is 0 Å². The van der Waals surface area contributed by atoms with Crippen molar-refractivity contribution in [3.63, 3.8) is 0 Å². The van der Waals surface area contributed by atoms with Crippen LogP contribution in [0.15, 0.2) is 54.6 Å². The number of hydrogen-bond acceptors (Lipinski definition) is 4. The molecule has 0 radical (unpaired) electrons. The van der Waals surface area contributed by atoms with Crippen LogP contribution in [0.1, 0.15) is 27.5 Å². The Morgan fingerprint density at radius 2 is 1.84 bits per heavy atom. The zero-order chi connectivity index (χ0) is 17.8. The summed E-state index contributed by atoms with van der Waals surface area (Å²) in [5.41, 5.74) is 2.52. The van der Waals surface area contributed by atoms with E-state index in [1.165, 1.54) is 0 Å². The van der Waals surface area contributed by atoms with Crippen molar-refractivity contribution >= 4 is 11.9 Å². The molecule has 1 aliphatic heterocycles. The zero-order valence-electron chi connectivity index (χ0n) is 14.4. The van der Waals surface area contributed by atoms with Crippen molar-refractivity contribution < 1.29 is 14.3 Å². The molecule has 1 aliphatic rings. The third-order valence-electron chi connectivity index (χ3n) is 4.46. The summed E-state index contributed by atoms with van der Waals surface area (Å²) in [4.78, 5) is 26.6. The number of esters is 1. The quantitative estimate of drug-likeness (QED) is 0.849. The van der Waals surface area contributed by atoms with E-state index in [0.29, 0.717) is 18.5 Å². The lowest BCUT2D eigenvalue weighted by Crippen LogP contribution is -2.44. The third kappa shape index (κ3) is 3.88. The average molecular weight is 338 g/mol. The number of nitrogens with one attached hydrogen (secondary N) is 1. The second kappa shape index (κ2) is 7.49. The summed E-state index contributed by atoms with van der Waals surface area (Å²) < 4.78 is 5.31. The van der Waals surface area contributed by atoms with Crippen molar-refractivity contribution in [2.24, 2.45) is 0 Å². The molecular weight excluding hydrogens is 316 g/mol. The van der Waals surface area contributed by atoms with Crippen LogP contribution in [0.4, 0.5) is 0 Å². The Labute approximate surface area is 147 Å². The summed E-state index contributed by atoms with van der Waals surface area (Å²) in [5, 5.41) is 2.93. The van der Waals surface area contributed by atoms with Crippen LogP contribution in [0.25, 0.3) is 0 Å². The minimum atomic E-state index is -0.777. The van der Waals surface area contributed by atoms with Gasteiger partial charge in [0.05, 0.1) is 11.6 Å². The van der Waals surface area contributed by atoms with Crippen LogP contribution in [-0.4, -0.2) is 43.5 Å². The number of fused-ring (bicyclic) bond motifs is 1. The number of likely N-dealkylation sites (N-methyl/N-ethyl adjacent to an activating group) is 1. The molecule has 1 amide bonds. The molecule has 0 saturated heterocycles. The van der Waals surface area contributed by atoms with Crippen LogP contribution >= 0.6 is 0 Å². The molecule has 1 N–H and O–H groups in total. The second-order valence-electron chi connectivity index (χ2n) is 6.39. The largest absolute Gasteiger partial charge is 0.448 e. The Morgan fingerprint density at radius 1 is 1.16 bits per heavy atom. The third-order valence-corrected chi connectivity index (χ3v) is 4.46. The Balaban J connectivity index is 1.65. The number of cyclic esters (lactones) is 1. The van der Waals surface area contributed by atoms with Crippen LogP contribution in [-0.2, 0) is 16.0 Å². The highest BCUT2D eigenvalue weighted by Crippen LogP contribution is 2.21. The lowest BCUT2D eigenvalue weighted by molar-refractivity contribution is -0.130. The van der Waals surface area contributed by atoms with Crippen LogP contribution < -0.4 is 5.32 Å². The van der Waals surface area contributed by atoms with E-state index in [0.717, 1.165) is 11.1 Å². The van der Waals surface area contributed by atoms with Gasteiger partial charge >= 0.3 is 5.97 Å². The molecule has 2 atom stereocenters. The van der Waals surface area contributed by atoms with Crippen molar-refractivity contribution in [3.8, 4) is 0 Å². The number of carbonyl (C=O) groups excluding carboxylic acids is 2. The van der Waals surface area contributed by atoms with Gasteiger partial charge in [0.1, 0.15) is 0 Å². The summed E-state index contributed by atoms with van der Waals surface area (Å²) in [7, 11) is 3.95. The van der Waals surface area contributed by atoms with Gasteiger partial charge in [-0.2, -0.15) is 0 Å². The molecule has 25 heavy (non-hydrogen) atoms. The van der Waals surface area contributed by atoms with E-state index in [1.807, 2.05) is 56.6 Å². The maximum atomic E-state index is 12.5. The topological polar surface area (TPSA) is 58.6 Å². The fourth-order valence-electron chi connectivity index (χ4n) is 3.06. The Bertz CT molecular complexity index is 759. The highest BCUT2D eigenvalue weighted by Gasteiger charge is 2.31.